The van der Waals surface area contributed by atoms with E-state index in [0.29, 0.717) is 27.0 Å². The van der Waals surface area contributed by atoms with Crippen molar-refractivity contribution in [3.8, 4) is 17.3 Å². The molecule has 0 saturated carbocycles. The van der Waals surface area contributed by atoms with Gasteiger partial charge in [0.25, 0.3) is 30.4 Å². The van der Waals surface area contributed by atoms with Crippen molar-refractivity contribution in [2.45, 2.75) is 89.3 Å². The van der Waals surface area contributed by atoms with Crippen LogP contribution in [0.3, 0.4) is 0 Å². The van der Waals surface area contributed by atoms with Gasteiger partial charge in [-0.3, -0.25) is 13.7 Å². The van der Waals surface area contributed by atoms with Gasteiger partial charge in [-0.1, -0.05) is 44.2 Å². The summed E-state index contributed by atoms with van der Waals surface area (Å²) < 4.78 is 106. The summed E-state index contributed by atoms with van der Waals surface area (Å²) in [5.74, 6) is -0.311. The number of hydrogen-bond donors (Lipinski definition) is 5. The minimum absolute atomic E-state index is 0.00558. The molecule has 0 radical (unpaired) electrons. The van der Waals surface area contributed by atoms with Crippen LogP contribution in [0.1, 0.15) is 76.5 Å². The van der Waals surface area contributed by atoms with Gasteiger partial charge in [-0.05, 0) is 100 Å². The number of hydrogen-bond acceptors (Lipinski definition) is 16. The zero-order valence-corrected chi connectivity index (χ0v) is 38.7. The summed E-state index contributed by atoms with van der Waals surface area (Å²) in [7, 11) is -14.0. The number of anilines is 4. The standard InChI is InChI=1S/C40H40N10O9S4/c1-18-13-20(3)33(62(54,55)56)23(6)30(18)44-36-26(16-41)22(5)32(37(46-36)45-31-19(2)14-21(4)34(24(31)7)63(57,58)59)47-48-38-27(17-42)35(40(8,9)10)49-50(38)39-43-28-12-11-25(61(51,52)53)15-29(28)60-39/h11-15H,1-10H3,(H2,44,45,46)(H,51,52,53)(H,54,55,56)(H,57,58,59). The van der Waals surface area contributed by atoms with Crippen LogP contribution in [0.5, 0.6) is 0 Å². The first-order valence-corrected chi connectivity index (χ1v) is 23.7. The largest absolute Gasteiger partial charge is 0.339 e. The Kier molecular flexibility index (Phi) is 11.9. The quantitative estimate of drug-likeness (QED) is 0.0633. The molecule has 0 aliphatic heterocycles. The van der Waals surface area contributed by atoms with Gasteiger partial charge in [0.1, 0.15) is 33.2 Å². The molecule has 3 aromatic heterocycles. The monoisotopic (exact) mass is 932 g/mol. The molecule has 5 N–H and O–H groups in total. The number of nitriles is 2. The minimum Gasteiger partial charge on any atom is -0.339 e. The Morgan fingerprint density at radius 2 is 1.21 bits per heavy atom. The molecule has 6 rings (SSSR count). The molecule has 23 heteroatoms. The highest BCUT2D eigenvalue weighted by Gasteiger charge is 2.30. The summed E-state index contributed by atoms with van der Waals surface area (Å²) in [5.41, 5.74) is 2.20. The molecule has 3 aromatic carbocycles. The second kappa shape index (κ2) is 16.2. The van der Waals surface area contributed by atoms with E-state index in [-0.39, 0.29) is 93.3 Å². The average molecular weight is 933 g/mol. The maximum absolute atomic E-state index is 12.6. The number of pyridine rings is 1. The molecule has 328 valence electrons. The van der Waals surface area contributed by atoms with Gasteiger partial charge in [0.15, 0.2) is 17.5 Å². The molecule has 0 amide bonds. The lowest BCUT2D eigenvalue weighted by molar-refractivity contribution is 0.479. The number of nitrogens with one attached hydrogen (secondary N) is 2. The summed E-state index contributed by atoms with van der Waals surface area (Å²) in [4.78, 5) is 8.27. The van der Waals surface area contributed by atoms with Crippen LogP contribution in [0.4, 0.5) is 34.5 Å². The zero-order valence-electron chi connectivity index (χ0n) is 35.4. The molecule has 0 atom stereocenters. The predicted molar refractivity (Wildman–Crippen MR) is 235 cm³/mol. The molecule has 0 aliphatic rings. The Labute approximate surface area is 367 Å². The van der Waals surface area contributed by atoms with E-state index in [1.54, 1.807) is 13.8 Å². The van der Waals surface area contributed by atoms with Gasteiger partial charge in [-0.2, -0.15) is 45.6 Å². The maximum atomic E-state index is 12.6. The zero-order chi connectivity index (χ0) is 46.9. The fourth-order valence-corrected chi connectivity index (χ4v) is 10.8. The van der Waals surface area contributed by atoms with Gasteiger partial charge < -0.3 is 10.6 Å². The Morgan fingerprint density at radius 1 is 0.683 bits per heavy atom. The number of nitrogens with zero attached hydrogens (tertiary/aromatic N) is 8. The van der Waals surface area contributed by atoms with Crippen LogP contribution < -0.4 is 10.6 Å². The number of rotatable bonds is 10. The molecule has 0 unspecified atom stereocenters. The smallest absolute Gasteiger partial charge is 0.295 e. The number of fused-ring (bicyclic) bond motifs is 1. The normalized spacial score (nSPS) is 12.5. The number of azo groups is 1. The molecule has 0 spiro atoms. The van der Waals surface area contributed by atoms with E-state index in [2.05, 4.69) is 38.0 Å². The summed E-state index contributed by atoms with van der Waals surface area (Å²) in [5, 5.41) is 41.3. The average Bonchev–Trinajstić information content (AvgIpc) is 3.74. The van der Waals surface area contributed by atoms with Crippen LogP contribution in [0.2, 0.25) is 0 Å². The van der Waals surface area contributed by atoms with E-state index in [9.17, 15) is 49.4 Å². The van der Waals surface area contributed by atoms with Crippen LogP contribution in [0, 0.1) is 71.1 Å². The first kappa shape index (κ1) is 46.3. The van der Waals surface area contributed by atoms with Crippen molar-refractivity contribution in [3.05, 3.63) is 86.1 Å². The number of thiazole rings is 1. The highest BCUT2D eigenvalue weighted by molar-refractivity contribution is 7.86. The molecule has 63 heavy (non-hydrogen) atoms. The second-order valence-corrected chi connectivity index (χ2v) is 20.9. The molecule has 0 fully saturated rings. The van der Waals surface area contributed by atoms with Crippen LogP contribution >= 0.6 is 11.3 Å². The van der Waals surface area contributed by atoms with Gasteiger partial charge in [0.2, 0.25) is 5.13 Å². The lowest BCUT2D eigenvalue weighted by Gasteiger charge is -2.21. The Hall–Kier alpha value is -6.18. The fraction of sp³-hybridized carbons (Fsp3) is 0.275. The highest BCUT2D eigenvalue weighted by atomic mass is 32.2. The highest BCUT2D eigenvalue weighted by Crippen LogP contribution is 2.43. The third-order valence-electron chi connectivity index (χ3n) is 10.1. The molecule has 19 nitrogen and oxygen atoms in total. The second-order valence-electron chi connectivity index (χ2n) is 15.8. The van der Waals surface area contributed by atoms with Crippen LogP contribution in [-0.2, 0) is 35.8 Å². The van der Waals surface area contributed by atoms with E-state index in [1.165, 1.54) is 69.6 Å². The summed E-state index contributed by atoms with van der Waals surface area (Å²) in [6, 6.07) is 11.2. The summed E-state index contributed by atoms with van der Waals surface area (Å²) in [6.07, 6.45) is 0. The van der Waals surface area contributed by atoms with Crippen molar-refractivity contribution in [2.75, 3.05) is 10.6 Å². The summed E-state index contributed by atoms with van der Waals surface area (Å²) in [6.45, 7) is 16.4. The fourth-order valence-electron chi connectivity index (χ4n) is 7.39. The minimum atomic E-state index is -4.73. The van der Waals surface area contributed by atoms with Crippen LogP contribution in [-0.4, -0.2) is 58.7 Å². The van der Waals surface area contributed by atoms with Crippen LogP contribution in [0.15, 0.2) is 55.2 Å². The SMILES string of the molecule is Cc1cc(C)c(S(=O)(=O)O)c(C)c1Nc1nc(Nc2c(C)cc(C)c(S(=O)(=O)O)c2C)c(N=Nc2c(C#N)c(C(C)(C)C)nn2-c2nc3ccc(S(=O)(=O)O)cc3s2)c(C)c1C#N. The molecule has 0 bridgehead atoms. The number of aryl methyl sites for hydroxylation is 4. The van der Waals surface area contributed by atoms with E-state index >= 15 is 0 Å². The molecule has 0 aliphatic carbocycles. The van der Waals surface area contributed by atoms with Crippen molar-refractivity contribution in [2.24, 2.45) is 10.2 Å². The third-order valence-corrected chi connectivity index (χ3v) is 14.2. The van der Waals surface area contributed by atoms with Crippen molar-refractivity contribution in [1.29, 1.82) is 10.5 Å². The van der Waals surface area contributed by atoms with Crippen LogP contribution in [0.25, 0.3) is 15.3 Å². The van der Waals surface area contributed by atoms with Gasteiger partial charge in [-0.15, -0.1) is 10.2 Å². The molecule has 6 aromatic rings. The Morgan fingerprint density at radius 3 is 1.68 bits per heavy atom. The Balaban J connectivity index is 1.65. The Bertz CT molecular complexity index is 3410. The molecule has 0 saturated heterocycles. The molecule has 3 heterocycles. The predicted octanol–water partition coefficient (Wildman–Crippen LogP) is 8.72. The molecular formula is C40H40N10O9S4. The first-order valence-electron chi connectivity index (χ1n) is 18.6. The van der Waals surface area contributed by atoms with Crippen molar-refractivity contribution < 1.29 is 38.9 Å². The maximum Gasteiger partial charge on any atom is 0.295 e. The lowest BCUT2D eigenvalue weighted by Crippen LogP contribution is -2.14. The van der Waals surface area contributed by atoms with E-state index < -0.39 is 35.8 Å². The number of aromatic nitrogens is 4. The summed E-state index contributed by atoms with van der Waals surface area (Å²) >= 11 is 0.994. The number of benzene rings is 3. The van der Waals surface area contributed by atoms with E-state index in [0.717, 1.165) is 11.3 Å². The van der Waals surface area contributed by atoms with Gasteiger partial charge >= 0.3 is 0 Å². The molecular weight excluding hydrogens is 893 g/mol. The lowest BCUT2D eigenvalue weighted by atomic mass is 9.90. The van der Waals surface area contributed by atoms with E-state index in [1.807, 2.05) is 20.8 Å². The third kappa shape index (κ3) is 8.76. The van der Waals surface area contributed by atoms with E-state index in [4.69, 9.17) is 10.1 Å². The van der Waals surface area contributed by atoms with Gasteiger partial charge in [0, 0.05) is 22.4 Å². The topological polar surface area (TPSA) is 303 Å². The van der Waals surface area contributed by atoms with Gasteiger partial charge in [0.05, 0.1) is 26.4 Å². The first-order chi connectivity index (χ1) is 29.1. The van der Waals surface area contributed by atoms with Gasteiger partial charge in [-0.25, -0.2) is 9.97 Å². The van der Waals surface area contributed by atoms with Crippen molar-refractivity contribution in [1.82, 2.24) is 19.7 Å². The van der Waals surface area contributed by atoms with Crippen molar-refractivity contribution in [3.63, 3.8) is 0 Å². The van der Waals surface area contributed by atoms with Crippen molar-refractivity contribution >= 4 is 86.4 Å².